The van der Waals surface area contributed by atoms with E-state index in [1.165, 1.54) is 0 Å². The number of rotatable bonds is 14. The maximum atomic E-state index is 13.6. The summed E-state index contributed by atoms with van der Waals surface area (Å²) in [5.74, 6) is -18.8. The highest BCUT2D eigenvalue weighted by atomic mass is 19.4. The third-order valence-electron chi connectivity index (χ3n) is 4.59. The number of ether oxygens (including phenoxy) is 3. The third-order valence-corrected chi connectivity index (χ3v) is 4.59. The van der Waals surface area contributed by atoms with Crippen molar-refractivity contribution in [1.29, 1.82) is 0 Å². The molecular weight excluding hydrogens is 446 g/mol. The number of hydrogen-bond donors (Lipinski definition) is 0. The number of unbranched alkanes of at least 4 members (excludes halogenated alkanes) is 2. The van der Waals surface area contributed by atoms with Gasteiger partial charge in [0.15, 0.2) is 0 Å². The van der Waals surface area contributed by atoms with Crippen LogP contribution < -0.4 is 0 Å². The molecule has 1 heterocycles. The summed E-state index contributed by atoms with van der Waals surface area (Å²) in [6, 6.07) is 0. The molecule has 1 aliphatic heterocycles. The Morgan fingerprint density at radius 2 is 1.68 bits per heavy atom. The van der Waals surface area contributed by atoms with Gasteiger partial charge in [-0.25, -0.2) is 8.78 Å². The molecule has 1 rings (SSSR count). The first-order chi connectivity index (χ1) is 14.3. The highest BCUT2D eigenvalue weighted by Gasteiger charge is 2.75. The molecule has 0 radical (unpaired) electrons. The van der Waals surface area contributed by atoms with E-state index in [9.17, 15) is 39.9 Å². The van der Waals surface area contributed by atoms with Crippen LogP contribution in [0.3, 0.4) is 0 Å². The van der Waals surface area contributed by atoms with Gasteiger partial charge >= 0.3 is 30.2 Å². The maximum Gasteiger partial charge on any atom is 0.380 e. The lowest BCUT2D eigenvalue weighted by atomic mass is 10.1. The SMILES string of the molecule is CCCCCC(=O)OC(COCC(F)(F)C(F)(F)C(F)(F)C(F)F)CN1CCOCC1. The van der Waals surface area contributed by atoms with Crippen LogP contribution in [0.4, 0.5) is 35.1 Å². The van der Waals surface area contributed by atoms with Crippen molar-refractivity contribution in [2.75, 3.05) is 46.1 Å². The molecule has 31 heavy (non-hydrogen) atoms. The molecule has 1 fully saturated rings. The Morgan fingerprint density at radius 1 is 1.06 bits per heavy atom. The largest absolute Gasteiger partial charge is 0.459 e. The molecule has 1 saturated heterocycles. The zero-order valence-electron chi connectivity index (χ0n) is 17.0. The standard InChI is InChI=1S/C18H27F8NO4/c1-2-3-4-5-14(28)31-13(10-27-6-8-29-9-7-27)11-30-12-16(21,22)18(25,26)17(23,24)15(19)20/h13,15H,2-12H2,1H3. The van der Waals surface area contributed by atoms with Gasteiger partial charge < -0.3 is 14.2 Å². The lowest BCUT2D eigenvalue weighted by molar-refractivity contribution is -0.346. The second kappa shape index (κ2) is 12.1. The molecule has 5 nitrogen and oxygen atoms in total. The van der Waals surface area contributed by atoms with E-state index in [0.717, 1.165) is 12.8 Å². The fraction of sp³-hybridized carbons (Fsp3) is 0.944. The molecule has 0 saturated carbocycles. The molecule has 0 spiro atoms. The quantitative estimate of drug-likeness (QED) is 0.217. The molecule has 0 N–H and O–H groups in total. The summed E-state index contributed by atoms with van der Waals surface area (Å²) >= 11 is 0. The molecular formula is C18H27F8NO4. The van der Waals surface area contributed by atoms with Gasteiger partial charge in [-0.2, -0.15) is 26.3 Å². The number of hydrogen-bond acceptors (Lipinski definition) is 5. The zero-order valence-corrected chi connectivity index (χ0v) is 17.0. The summed E-state index contributed by atoms with van der Waals surface area (Å²) in [5.41, 5.74) is 0. The predicted molar refractivity (Wildman–Crippen MR) is 92.9 cm³/mol. The van der Waals surface area contributed by atoms with Gasteiger partial charge in [0.05, 0.1) is 19.8 Å². The molecule has 0 amide bonds. The van der Waals surface area contributed by atoms with Gasteiger partial charge in [-0.3, -0.25) is 9.69 Å². The van der Waals surface area contributed by atoms with Gasteiger partial charge in [-0.1, -0.05) is 19.8 Å². The van der Waals surface area contributed by atoms with E-state index >= 15 is 0 Å². The minimum atomic E-state index is -6.34. The van der Waals surface area contributed by atoms with Crippen LogP contribution in [0.15, 0.2) is 0 Å². The van der Waals surface area contributed by atoms with Gasteiger partial charge in [-0.15, -0.1) is 0 Å². The van der Waals surface area contributed by atoms with Crippen molar-refractivity contribution in [1.82, 2.24) is 4.90 Å². The van der Waals surface area contributed by atoms with Crippen LogP contribution in [0, 0.1) is 0 Å². The molecule has 184 valence electrons. The second-order valence-corrected chi connectivity index (χ2v) is 7.20. The Bertz CT molecular complexity index is 545. The lowest BCUT2D eigenvalue weighted by Crippen LogP contribution is -2.59. The fourth-order valence-corrected chi connectivity index (χ4v) is 2.75. The molecule has 0 aromatic heterocycles. The summed E-state index contributed by atoms with van der Waals surface area (Å²) < 4.78 is 119. The minimum Gasteiger partial charge on any atom is -0.459 e. The Labute approximate surface area is 175 Å². The predicted octanol–water partition coefficient (Wildman–Crippen LogP) is 4.00. The van der Waals surface area contributed by atoms with Crippen LogP contribution in [0.2, 0.25) is 0 Å². The van der Waals surface area contributed by atoms with Crippen LogP contribution in [-0.2, 0) is 19.0 Å². The Balaban J connectivity index is 2.71. The molecule has 0 aromatic rings. The van der Waals surface area contributed by atoms with Crippen LogP contribution >= 0.6 is 0 Å². The van der Waals surface area contributed by atoms with Crippen LogP contribution in [-0.4, -0.2) is 87.2 Å². The fourth-order valence-electron chi connectivity index (χ4n) is 2.75. The van der Waals surface area contributed by atoms with E-state index < -0.39 is 49.5 Å². The number of carbonyl (C=O) groups is 1. The van der Waals surface area contributed by atoms with E-state index in [-0.39, 0.29) is 13.0 Å². The number of esters is 1. The first-order valence-corrected chi connectivity index (χ1v) is 9.84. The highest BCUT2D eigenvalue weighted by molar-refractivity contribution is 5.69. The van der Waals surface area contributed by atoms with Crippen molar-refractivity contribution >= 4 is 5.97 Å². The molecule has 0 bridgehead atoms. The van der Waals surface area contributed by atoms with Crippen molar-refractivity contribution in [2.24, 2.45) is 0 Å². The van der Waals surface area contributed by atoms with Gasteiger partial charge in [0.25, 0.3) is 0 Å². The summed E-state index contributed by atoms with van der Waals surface area (Å²) in [5, 5.41) is 0. The lowest BCUT2D eigenvalue weighted by Gasteiger charge is -2.33. The maximum absolute atomic E-state index is 13.6. The van der Waals surface area contributed by atoms with E-state index in [1.807, 2.05) is 6.92 Å². The Kier molecular flexibility index (Phi) is 10.9. The van der Waals surface area contributed by atoms with Crippen molar-refractivity contribution in [2.45, 2.75) is 62.9 Å². The number of halogens is 8. The molecule has 1 atom stereocenters. The van der Waals surface area contributed by atoms with E-state index in [1.54, 1.807) is 4.90 Å². The van der Waals surface area contributed by atoms with Crippen molar-refractivity contribution < 1.29 is 54.1 Å². The minimum absolute atomic E-state index is 0.0119. The van der Waals surface area contributed by atoms with Crippen molar-refractivity contribution in [3.05, 3.63) is 0 Å². The average Bonchev–Trinajstić information content (AvgIpc) is 2.68. The van der Waals surface area contributed by atoms with Crippen LogP contribution in [0.1, 0.15) is 32.6 Å². The summed E-state index contributed by atoms with van der Waals surface area (Å²) in [6.45, 7) is 0.456. The summed E-state index contributed by atoms with van der Waals surface area (Å²) in [7, 11) is 0. The van der Waals surface area contributed by atoms with Crippen molar-refractivity contribution in [3.8, 4) is 0 Å². The normalized spacial score (nSPS) is 17.7. The van der Waals surface area contributed by atoms with Gasteiger partial charge in [0, 0.05) is 26.1 Å². The van der Waals surface area contributed by atoms with Gasteiger partial charge in [-0.05, 0) is 6.42 Å². The second-order valence-electron chi connectivity index (χ2n) is 7.20. The van der Waals surface area contributed by atoms with E-state index in [2.05, 4.69) is 4.74 Å². The molecule has 0 aromatic carbocycles. The molecule has 13 heteroatoms. The number of morpholine rings is 1. The monoisotopic (exact) mass is 473 g/mol. The summed E-state index contributed by atoms with van der Waals surface area (Å²) in [4.78, 5) is 13.7. The van der Waals surface area contributed by atoms with Crippen LogP contribution in [0.5, 0.6) is 0 Å². The Hall–Kier alpha value is -1.21. The third kappa shape index (κ3) is 8.01. The van der Waals surface area contributed by atoms with Crippen molar-refractivity contribution in [3.63, 3.8) is 0 Å². The first-order valence-electron chi connectivity index (χ1n) is 9.84. The topological polar surface area (TPSA) is 48.0 Å². The number of carbonyl (C=O) groups excluding carboxylic acids is 1. The zero-order chi connectivity index (χ0) is 23.7. The van der Waals surface area contributed by atoms with Gasteiger partial charge in [0.2, 0.25) is 0 Å². The molecule has 0 aliphatic carbocycles. The van der Waals surface area contributed by atoms with E-state index in [0.29, 0.717) is 32.7 Å². The number of alkyl halides is 8. The Morgan fingerprint density at radius 3 is 2.23 bits per heavy atom. The van der Waals surface area contributed by atoms with E-state index in [4.69, 9.17) is 9.47 Å². The smallest absolute Gasteiger partial charge is 0.380 e. The first kappa shape index (κ1) is 27.8. The molecule has 1 unspecified atom stereocenters. The summed E-state index contributed by atoms with van der Waals surface area (Å²) in [6.07, 6.45) is -3.99. The van der Waals surface area contributed by atoms with Gasteiger partial charge in [0.1, 0.15) is 12.7 Å². The number of nitrogens with zero attached hydrogens (tertiary/aromatic N) is 1. The highest BCUT2D eigenvalue weighted by Crippen LogP contribution is 2.48. The average molecular weight is 473 g/mol. The molecule has 1 aliphatic rings. The van der Waals surface area contributed by atoms with Crippen LogP contribution in [0.25, 0.3) is 0 Å².